The van der Waals surface area contributed by atoms with Crippen molar-refractivity contribution >= 4 is 17.6 Å². The van der Waals surface area contributed by atoms with Gasteiger partial charge in [0.1, 0.15) is 0 Å². The van der Waals surface area contributed by atoms with Gasteiger partial charge in [0, 0.05) is 0 Å². The minimum absolute atomic E-state index is 0.888. The zero-order valence-electron chi connectivity index (χ0n) is 6.86. The van der Waals surface area contributed by atoms with Crippen LogP contribution < -0.4 is 16.1 Å². The highest BCUT2D eigenvalue weighted by Gasteiger charge is 2.21. The molecule has 2 aliphatic rings. The molecule has 2 N–H and O–H groups in total. The lowest BCUT2D eigenvalue weighted by atomic mass is 10.1. The minimum atomic E-state index is 0.888. The van der Waals surface area contributed by atoms with Gasteiger partial charge in [-0.1, -0.05) is 18.2 Å². The standard InChI is InChI=1S/C9H8N4/c1-2-4-8-7(3-1)5-6-9-10-11-12-13(8)9/h1-6,11-12H. The second-order valence-corrected chi connectivity index (χ2v) is 2.92. The molecular weight excluding hydrogens is 164 g/mol. The Kier molecular flexibility index (Phi) is 1.20. The molecule has 3 rings (SSSR count). The van der Waals surface area contributed by atoms with E-state index in [1.165, 1.54) is 5.56 Å². The average Bonchev–Trinajstić information content (AvgIpc) is 2.65. The Morgan fingerprint density at radius 3 is 3.08 bits per heavy atom. The minimum Gasteiger partial charge on any atom is -0.238 e. The summed E-state index contributed by atoms with van der Waals surface area (Å²) >= 11 is 0. The molecule has 13 heavy (non-hydrogen) atoms. The number of hydrogen-bond acceptors (Lipinski definition) is 4. The lowest BCUT2D eigenvalue weighted by Crippen LogP contribution is -2.41. The van der Waals surface area contributed by atoms with Crippen LogP contribution in [0.15, 0.2) is 35.4 Å². The number of hydrogen-bond donors (Lipinski definition) is 2. The Bertz CT molecular complexity index is 408. The van der Waals surface area contributed by atoms with Gasteiger partial charge < -0.3 is 0 Å². The monoisotopic (exact) mass is 172 g/mol. The van der Waals surface area contributed by atoms with E-state index in [9.17, 15) is 0 Å². The summed E-state index contributed by atoms with van der Waals surface area (Å²) in [5, 5.41) is 5.96. The van der Waals surface area contributed by atoms with Crippen LogP contribution in [0.4, 0.5) is 5.69 Å². The lowest BCUT2D eigenvalue weighted by molar-refractivity contribution is 0.623. The molecular formula is C9H8N4. The molecule has 2 aliphatic heterocycles. The Morgan fingerprint density at radius 1 is 1.15 bits per heavy atom. The van der Waals surface area contributed by atoms with E-state index in [0.29, 0.717) is 0 Å². The highest BCUT2D eigenvalue weighted by atomic mass is 15.8. The van der Waals surface area contributed by atoms with Crippen LogP contribution in [0.25, 0.3) is 6.08 Å². The zero-order chi connectivity index (χ0) is 8.67. The van der Waals surface area contributed by atoms with E-state index < -0.39 is 0 Å². The summed E-state index contributed by atoms with van der Waals surface area (Å²) in [7, 11) is 0. The molecule has 2 heterocycles. The number of hydrazine groups is 2. The maximum absolute atomic E-state index is 4.05. The number of hydrazone groups is 1. The first-order chi connectivity index (χ1) is 6.45. The summed E-state index contributed by atoms with van der Waals surface area (Å²) in [6.07, 6.45) is 4.02. The summed E-state index contributed by atoms with van der Waals surface area (Å²) in [6, 6.07) is 8.15. The van der Waals surface area contributed by atoms with Crippen LogP contribution in [0.2, 0.25) is 0 Å². The number of rotatable bonds is 0. The second kappa shape index (κ2) is 2.34. The fourth-order valence-corrected chi connectivity index (χ4v) is 1.53. The normalized spacial score (nSPS) is 17.5. The average molecular weight is 172 g/mol. The highest BCUT2D eigenvalue weighted by molar-refractivity contribution is 6.11. The van der Waals surface area contributed by atoms with E-state index in [1.807, 2.05) is 29.3 Å². The smallest absolute Gasteiger partial charge is 0.170 e. The van der Waals surface area contributed by atoms with Crippen molar-refractivity contribution in [1.82, 2.24) is 11.1 Å². The molecule has 0 unspecified atom stereocenters. The van der Waals surface area contributed by atoms with Crippen LogP contribution in [0.1, 0.15) is 5.56 Å². The fraction of sp³-hybridized carbons (Fsp3) is 0. The van der Waals surface area contributed by atoms with Crippen LogP contribution in [0, 0.1) is 0 Å². The number of nitrogens with one attached hydrogen (secondary N) is 2. The topological polar surface area (TPSA) is 39.7 Å². The van der Waals surface area contributed by atoms with Gasteiger partial charge >= 0.3 is 0 Å². The molecule has 0 atom stereocenters. The molecule has 0 amide bonds. The van der Waals surface area contributed by atoms with Crippen LogP contribution >= 0.6 is 0 Å². The van der Waals surface area contributed by atoms with E-state index in [4.69, 9.17) is 0 Å². The molecule has 0 spiro atoms. The number of nitrogens with zero attached hydrogens (tertiary/aromatic N) is 2. The second-order valence-electron chi connectivity index (χ2n) is 2.92. The van der Waals surface area contributed by atoms with Crippen LogP contribution in [-0.2, 0) is 0 Å². The van der Waals surface area contributed by atoms with Gasteiger partial charge in [0.15, 0.2) is 5.84 Å². The third-order valence-corrected chi connectivity index (χ3v) is 2.15. The molecule has 0 fully saturated rings. The van der Waals surface area contributed by atoms with Crippen LogP contribution in [0.5, 0.6) is 0 Å². The SMILES string of the molecule is C1=Cc2ccccc2N2NNN=C12. The van der Waals surface area contributed by atoms with E-state index in [0.717, 1.165) is 11.5 Å². The largest absolute Gasteiger partial charge is 0.238 e. The molecule has 0 radical (unpaired) electrons. The molecule has 0 aliphatic carbocycles. The summed E-state index contributed by atoms with van der Waals surface area (Å²) in [5.41, 5.74) is 7.97. The highest BCUT2D eigenvalue weighted by Crippen LogP contribution is 2.25. The van der Waals surface area contributed by atoms with Gasteiger partial charge in [-0.25, -0.2) is 10.5 Å². The summed E-state index contributed by atoms with van der Waals surface area (Å²) in [5.74, 6) is 0.888. The number of para-hydroxylation sites is 1. The van der Waals surface area contributed by atoms with Crippen molar-refractivity contribution in [2.24, 2.45) is 5.10 Å². The van der Waals surface area contributed by atoms with E-state index in [-0.39, 0.29) is 0 Å². The van der Waals surface area contributed by atoms with Crippen molar-refractivity contribution in [3.05, 3.63) is 35.9 Å². The van der Waals surface area contributed by atoms with Crippen molar-refractivity contribution < 1.29 is 0 Å². The molecule has 0 saturated heterocycles. The predicted molar refractivity (Wildman–Crippen MR) is 51.7 cm³/mol. The van der Waals surface area contributed by atoms with Gasteiger partial charge in [-0.3, -0.25) is 0 Å². The zero-order valence-corrected chi connectivity index (χ0v) is 6.86. The summed E-state index contributed by atoms with van der Waals surface area (Å²) in [6.45, 7) is 0. The first-order valence-electron chi connectivity index (χ1n) is 4.11. The Morgan fingerprint density at radius 2 is 2.08 bits per heavy atom. The number of fused-ring (bicyclic) bond motifs is 3. The quantitative estimate of drug-likeness (QED) is 0.609. The number of anilines is 1. The fourth-order valence-electron chi connectivity index (χ4n) is 1.53. The van der Waals surface area contributed by atoms with Gasteiger partial charge in [-0.2, -0.15) is 0 Å². The molecule has 64 valence electrons. The molecule has 4 heteroatoms. The van der Waals surface area contributed by atoms with E-state index >= 15 is 0 Å². The Balaban J connectivity index is 2.20. The first kappa shape index (κ1) is 6.68. The number of benzene rings is 1. The van der Waals surface area contributed by atoms with E-state index in [2.05, 4.69) is 28.3 Å². The molecule has 1 aromatic carbocycles. The van der Waals surface area contributed by atoms with Crippen LogP contribution in [0.3, 0.4) is 0 Å². The lowest BCUT2D eigenvalue weighted by Gasteiger charge is -2.22. The van der Waals surface area contributed by atoms with Crippen LogP contribution in [-0.4, -0.2) is 5.84 Å². The van der Waals surface area contributed by atoms with Crippen molar-refractivity contribution in [2.75, 3.05) is 5.01 Å². The predicted octanol–water partition coefficient (Wildman–Crippen LogP) is 0.856. The summed E-state index contributed by atoms with van der Waals surface area (Å²) < 4.78 is 0. The Labute approximate surface area is 75.5 Å². The third kappa shape index (κ3) is 0.860. The van der Waals surface area contributed by atoms with Crippen molar-refractivity contribution in [2.45, 2.75) is 0 Å². The maximum Gasteiger partial charge on any atom is 0.170 e. The van der Waals surface area contributed by atoms with Crippen molar-refractivity contribution in [1.29, 1.82) is 0 Å². The van der Waals surface area contributed by atoms with Gasteiger partial charge in [0.05, 0.1) is 5.69 Å². The Hall–Kier alpha value is -1.81. The van der Waals surface area contributed by atoms with Gasteiger partial charge in [0.25, 0.3) is 0 Å². The van der Waals surface area contributed by atoms with Crippen molar-refractivity contribution in [3.8, 4) is 0 Å². The van der Waals surface area contributed by atoms with E-state index in [1.54, 1.807) is 0 Å². The summed E-state index contributed by atoms with van der Waals surface area (Å²) in [4.78, 5) is 0. The first-order valence-corrected chi connectivity index (χ1v) is 4.11. The molecule has 1 aromatic rings. The molecule has 4 nitrogen and oxygen atoms in total. The number of amidine groups is 1. The molecule has 0 bridgehead atoms. The van der Waals surface area contributed by atoms with Gasteiger partial charge in [-0.15, -0.1) is 10.6 Å². The maximum atomic E-state index is 4.05. The molecule has 0 saturated carbocycles. The van der Waals surface area contributed by atoms with Crippen molar-refractivity contribution in [3.63, 3.8) is 0 Å². The third-order valence-electron chi connectivity index (χ3n) is 2.15. The van der Waals surface area contributed by atoms with Gasteiger partial charge in [-0.05, 0) is 23.8 Å². The molecule has 0 aromatic heterocycles. The van der Waals surface area contributed by atoms with Gasteiger partial charge in [0.2, 0.25) is 0 Å².